The van der Waals surface area contributed by atoms with Crippen molar-refractivity contribution in [2.24, 2.45) is 0 Å². The summed E-state index contributed by atoms with van der Waals surface area (Å²) in [6.07, 6.45) is 2.75. The molecule has 0 amide bonds. The van der Waals surface area contributed by atoms with Crippen LogP contribution >= 0.6 is 0 Å². The molecule has 1 heterocycles. The zero-order chi connectivity index (χ0) is 11.7. The van der Waals surface area contributed by atoms with E-state index in [1.165, 1.54) is 13.3 Å². The van der Waals surface area contributed by atoms with Gasteiger partial charge in [-0.2, -0.15) is 0 Å². The molecule has 0 saturated carbocycles. The topological polar surface area (TPSA) is 56.3 Å². The van der Waals surface area contributed by atoms with E-state index in [0.717, 1.165) is 0 Å². The number of methoxy groups -OCH3 is 1. The van der Waals surface area contributed by atoms with Crippen LogP contribution < -0.4 is 0 Å². The molecule has 0 aliphatic heterocycles. The molecule has 0 aliphatic rings. The van der Waals surface area contributed by atoms with E-state index in [4.69, 9.17) is 0 Å². The summed E-state index contributed by atoms with van der Waals surface area (Å²) in [7, 11) is 1.25. The van der Waals surface area contributed by atoms with Gasteiger partial charge in [-0.15, -0.1) is 0 Å². The van der Waals surface area contributed by atoms with Crippen molar-refractivity contribution in [1.29, 1.82) is 0 Å². The van der Waals surface area contributed by atoms with Crippen LogP contribution in [0.5, 0.6) is 0 Å². The molecule has 0 aromatic carbocycles. The molecule has 82 valence electrons. The van der Waals surface area contributed by atoms with Crippen LogP contribution in [0, 0.1) is 0 Å². The third-order valence-electron chi connectivity index (χ3n) is 1.52. The van der Waals surface area contributed by atoms with Gasteiger partial charge in [0.1, 0.15) is 6.42 Å². The van der Waals surface area contributed by atoms with Gasteiger partial charge in [0.2, 0.25) is 0 Å². The second-order valence-electron chi connectivity index (χ2n) is 2.42. The maximum absolute atomic E-state index is 11.3. The number of carbonyl (C=O) groups is 2. The van der Waals surface area contributed by atoms with Gasteiger partial charge in [0.05, 0.1) is 7.11 Å². The average Bonchev–Trinajstić information content (AvgIpc) is 2.32. The third kappa shape index (κ3) is 4.90. The van der Waals surface area contributed by atoms with Gasteiger partial charge in [0, 0.05) is 18.0 Å². The number of aromatic nitrogens is 1. The highest BCUT2D eigenvalue weighted by molar-refractivity contribution is 6.05. The number of carbonyl (C=O) groups excluding carboxylic acids is 2. The van der Waals surface area contributed by atoms with Gasteiger partial charge in [0.15, 0.2) is 5.78 Å². The van der Waals surface area contributed by atoms with Gasteiger partial charge in [-0.3, -0.25) is 14.6 Å². The standard InChI is InChI=1S/C9H9NO3.C2H6/c1-13-9(12)5-8(11)7-3-2-4-10-6-7;1-2/h2-4,6H,5H2,1H3;1-2H3. The molecule has 0 N–H and O–H groups in total. The highest BCUT2D eigenvalue weighted by atomic mass is 16.5. The number of esters is 1. The van der Waals surface area contributed by atoms with Crippen LogP contribution in [-0.2, 0) is 9.53 Å². The molecular weight excluding hydrogens is 194 g/mol. The Labute approximate surface area is 89.3 Å². The summed E-state index contributed by atoms with van der Waals surface area (Å²) in [5, 5.41) is 0. The Morgan fingerprint density at radius 1 is 1.40 bits per heavy atom. The van der Waals surface area contributed by atoms with E-state index in [1.807, 2.05) is 13.8 Å². The molecule has 0 unspecified atom stereocenters. The number of ketones is 1. The van der Waals surface area contributed by atoms with Crippen molar-refractivity contribution in [1.82, 2.24) is 4.98 Å². The van der Waals surface area contributed by atoms with Gasteiger partial charge in [-0.25, -0.2) is 0 Å². The van der Waals surface area contributed by atoms with E-state index in [1.54, 1.807) is 18.3 Å². The molecule has 0 bridgehead atoms. The maximum Gasteiger partial charge on any atom is 0.313 e. The summed E-state index contributed by atoms with van der Waals surface area (Å²) in [4.78, 5) is 25.8. The SMILES string of the molecule is CC.COC(=O)CC(=O)c1cccnc1. The summed E-state index contributed by atoms with van der Waals surface area (Å²) in [5.41, 5.74) is 0.424. The molecule has 1 aromatic rings. The number of pyridine rings is 1. The van der Waals surface area contributed by atoms with Gasteiger partial charge >= 0.3 is 5.97 Å². The Morgan fingerprint density at radius 2 is 2.07 bits per heavy atom. The molecule has 1 aromatic heterocycles. The van der Waals surface area contributed by atoms with Gasteiger partial charge in [0.25, 0.3) is 0 Å². The van der Waals surface area contributed by atoms with Crippen LogP contribution in [0.3, 0.4) is 0 Å². The van der Waals surface area contributed by atoms with E-state index in [9.17, 15) is 9.59 Å². The van der Waals surface area contributed by atoms with Gasteiger partial charge < -0.3 is 4.74 Å². The van der Waals surface area contributed by atoms with Crippen molar-refractivity contribution in [2.75, 3.05) is 7.11 Å². The highest BCUT2D eigenvalue weighted by Crippen LogP contribution is 2.01. The number of rotatable bonds is 3. The van der Waals surface area contributed by atoms with Crippen molar-refractivity contribution < 1.29 is 14.3 Å². The van der Waals surface area contributed by atoms with E-state index in [0.29, 0.717) is 5.56 Å². The first-order valence-corrected chi connectivity index (χ1v) is 4.74. The van der Waals surface area contributed by atoms with Crippen LogP contribution in [0.15, 0.2) is 24.5 Å². The Morgan fingerprint density at radius 3 is 2.53 bits per heavy atom. The van der Waals surface area contributed by atoms with Crippen molar-refractivity contribution in [3.05, 3.63) is 30.1 Å². The third-order valence-corrected chi connectivity index (χ3v) is 1.52. The summed E-state index contributed by atoms with van der Waals surface area (Å²) in [6, 6.07) is 3.25. The number of ether oxygens (including phenoxy) is 1. The van der Waals surface area contributed by atoms with Crippen LogP contribution in [-0.4, -0.2) is 23.8 Å². The second-order valence-corrected chi connectivity index (χ2v) is 2.42. The molecule has 1 rings (SSSR count). The summed E-state index contributed by atoms with van der Waals surface area (Å²) < 4.78 is 4.36. The van der Waals surface area contributed by atoms with E-state index < -0.39 is 5.97 Å². The van der Waals surface area contributed by atoms with Crippen molar-refractivity contribution >= 4 is 11.8 Å². The average molecular weight is 209 g/mol. The number of nitrogens with zero attached hydrogens (tertiary/aromatic N) is 1. The molecule has 0 saturated heterocycles. The van der Waals surface area contributed by atoms with Crippen molar-refractivity contribution in [3.8, 4) is 0 Å². The molecule has 4 nitrogen and oxygen atoms in total. The highest BCUT2D eigenvalue weighted by Gasteiger charge is 2.11. The monoisotopic (exact) mass is 209 g/mol. The zero-order valence-corrected chi connectivity index (χ0v) is 9.19. The Bertz CT molecular complexity index is 309. The molecule has 0 fully saturated rings. The lowest BCUT2D eigenvalue weighted by Crippen LogP contribution is -2.09. The summed E-state index contributed by atoms with van der Waals surface area (Å²) in [6.45, 7) is 4.00. The first-order valence-electron chi connectivity index (χ1n) is 4.74. The molecule has 0 aliphatic carbocycles. The van der Waals surface area contributed by atoms with Gasteiger partial charge in [-0.05, 0) is 12.1 Å². The minimum absolute atomic E-state index is 0.234. The molecule has 0 radical (unpaired) electrons. The smallest absolute Gasteiger partial charge is 0.313 e. The van der Waals surface area contributed by atoms with E-state index >= 15 is 0 Å². The first-order chi connectivity index (χ1) is 7.24. The van der Waals surface area contributed by atoms with Crippen molar-refractivity contribution in [2.45, 2.75) is 20.3 Å². The minimum Gasteiger partial charge on any atom is -0.469 e. The van der Waals surface area contributed by atoms with Gasteiger partial charge in [-0.1, -0.05) is 13.8 Å². The second kappa shape index (κ2) is 7.67. The Balaban J connectivity index is 0.000000921. The number of hydrogen-bond donors (Lipinski definition) is 0. The first kappa shape index (κ1) is 13.3. The fourth-order valence-electron chi connectivity index (χ4n) is 0.833. The fraction of sp³-hybridized carbons (Fsp3) is 0.364. The Hall–Kier alpha value is -1.71. The fourth-order valence-corrected chi connectivity index (χ4v) is 0.833. The molecule has 0 spiro atoms. The Kier molecular flexibility index (Phi) is 6.80. The van der Waals surface area contributed by atoms with Crippen LogP contribution in [0.4, 0.5) is 0 Å². The maximum atomic E-state index is 11.3. The van der Waals surface area contributed by atoms with Crippen LogP contribution in [0.25, 0.3) is 0 Å². The lowest BCUT2D eigenvalue weighted by molar-refractivity contribution is -0.139. The van der Waals surface area contributed by atoms with Crippen LogP contribution in [0.2, 0.25) is 0 Å². The summed E-state index contributed by atoms with van der Waals surface area (Å²) in [5.74, 6) is -0.811. The molecule has 15 heavy (non-hydrogen) atoms. The number of Topliss-reactive ketones (excluding diaryl/α,β-unsaturated/α-hetero) is 1. The van der Waals surface area contributed by atoms with Crippen LogP contribution in [0.1, 0.15) is 30.6 Å². The van der Waals surface area contributed by atoms with E-state index in [2.05, 4.69) is 9.72 Å². The molecular formula is C11H15NO3. The number of hydrogen-bond acceptors (Lipinski definition) is 4. The normalized spacial score (nSPS) is 8.47. The largest absolute Gasteiger partial charge is 0.469 e. The van der Waals surface area contributed by atoms with Crippen molar-refractivity contribution in [3.63, 3.8) is 0 Å². The lowest BCUT2D eigenvalue weighted by atomic mass is 10.1. The lowest BCUT2D eigenvalue weighted by Gasteiger charge is -1.97. The predicted molar refractivity (Wildman–Crippen MR) is 56.5 cm³/mol. The summed E-state index contributed by atoms with van der Waals surface area (Å²) >= 11 is 0. The molecule has 4 heteroatoms. The minimum atomic E-state index is -0.533. The predicted octanol–water partition coefficient (Wildman–Crippen LogP) is 1.85. The van der Waals surface area contributed by atoms with E-state index in [-0.39, 0.29) is 12.2 Å². The molecule has 0 atom stereocenters. The quantitative estimate of drug-likeness (QED) is 0.433. The zero-order valence-electron chi connectivity index (χ0n) is 9.19.